The minimum atomic E-state index is -0.776. The van der Waals surface area contributed by atoms with Gasteiger partial charge in [0.25, 0.3) is 0 Å². The molecule has 0 heterocycles. The Hall–Kier alpha value is -2.37. The molecule has 0 radical (unpaired) electrons. The number of halogens is 4. The van der Waals surface area contributed by atoms with Crippen LogP contribution in [0.3, 0.4) is 0 Å². The van der Waals surface area contributed by atoms with E-state index >= 15 is 0 Å². The monoisotopic (exact) mass is 297 g/mol. The molecule has 0 atom stereocenters. The molecule has 0 aliphatic heterocycles. The fourth-order valence-corrected chi connectivity index (χ4v) is 1.79. The van der Waals surface area contributed by atoms with Gasteiger partial charge in [-0.05, 0) is 42.3 Å². The van der Waals surface area contributed by atoms with Crippen LogP contribution in [0.15, 0.2) is 36.4 Å². The Kier molecular flexibility index (Phi) is 4.57. The van der Waals surface area contributed by atoms with E-state index in [2.05, 4.69) is 5.32 Å². The molecule has 0 saturated heterocycles. The highest BCUT2D eigenvalue weighted by Crippen LogP contribution is 2.16. The quantitative estimate of drug-likeness (QED) is 0.854. The van der Waals surface area contributed by atoms with E-state index in [0.29, 0.717) is 0 Å². The third-order valence-electron chi connectivity index (χ3n) is 2.83. The van der Waals surface area contributed by atoms with Crippen LogP contribution in [0.2, 0.25) is 0 Å². The molecule has 0 unspecified atom stereocenters. The molecule has 0 fully saturated rings. The summed E-state index contributed by atoms with van der Waals surface area (Å²) < 4.78 is 52.6. The Bertz CT molecular complexity index is 673. The second-order valence-corrected chi connectivity index (χ2v) is 4.41. The van der Waals surface area contributed by atoms with Crippen molar-refractivity contribution >= 4 is 11.6 Å². The van der Waals surface area contributed by atoms with Gasteiger partial charge in [-0.1, -0.05) is 0 Å². The molecule has 1 amide bonds. The van der Waals surface area contributed by atoms with Crippen molar-refractivity contribution in [1.82, 2.24) is 0 Å². The molecule has 0 aromatic heterocycles. The van der Waals surface area contributed by atoms with Crippen LogP contribution in [0.5, 0.6) is 0 Å². The number of rotatable bonds is 4. The summed E-state index contributed by atoms with van der Waals surface area (Å²) in [6.45, 7) is 0. The molecule has 0 spiro atoms. The normalized spacial score (nSPS) is 10.5. The van der Waals surface area contributed by atoms with Gasteiger partial charge in [0, 0.05) is 12.5 Å². The van der Waals surface area contributed by atoms with Gasteiger partial charge in [-0.25, -0.2) is 17.6 Å². The molecule has 21 heavy (non-hydrogen) atoms. The first-order valence-electron chi connectivity index (χ1n) is 6.14. The first-order valence-corrected chi connectivity index (χ1v) is 6.14. The van der Waals surface area contributed by atoms with Gasteiger partial charge in [-0.2, -0.15) is 0 Å². The molecule has 1 N–H and O–H groups in total. The van der Waals surface area contributed by atoms with Gasteiger partial charge in [0.15, 0.2) is 0 Å². The fourth-order valence-electron chi connectivity index (χ4n) is 1.79. The average molecular weight is 297 g/mol. The molecule has 2 rings (SSSR count). The number of carbonyl (C=O) groups is 1. The van der Waals surface area contributed by atoms with Gasteiger partial charge in [0.2, 0.25) is 5.91 Å². The summed E-state index contributed by atoms with van der Waals surface area (Å²) in [6, 6.07) is 5.58. The fraction of sp³-hybridized carbons (Fsp3) is 0.133. The number of aryl methyl sites for hydroxylation is 1. The zero-order valence-corrected chi connectivity index (χ0v) is 10.8. The van der Waals surface area contributed by atoms with E-state index in [4.69, 9.17) is 0 Å². The van der Waals surface area contributed by atoms with Gasteiger partial charge in [-0.3, -0.25) is 4.79 Å². The van der Waals surface area contributed by atoms with Crippen molar-refractivity contribution in [2.45, 2.75) is 12.8 Å². The summed E-state index contributed by atoms with van der Waals surface area (Å²) in [5.74, 6) is -3.32. The molecule has 110 valence electrons. The predicted molar refractivity (Wildman–Crippen MR) is 69.7 cm³/mol. The smallest absolute Gasteiger partial charge is 0.224 e. The minimum absolute atomic E-state index is 0.0462. The van der Waals surface area contributed by atoms with Gasteiger partial charge < -0.3 is 5.32 Å². The van der Waals surface area contributed by atoms with E-state index in [9.17, 15) is 22.4 Å². The molecule has 6 heteroatoms. The van der Waals surface area contributed by atoms with E-state index in [0.717, 1.165) is 36.4 Å². The number of amides is 1. The third-order valence-corrected chi connectivity index (χ3v) is 2.83. The van der Waals surface area contributed by atoms with Crippen LogP contribution >= 0.6 is 0 Å². The van der Waals surface area contributed by atoms with Crippen molar-refractivity contribution in [3.63, 3.8) is 0 Å². The Balaban J connectivity index is 1.99. The summed E-state index contributed by atoms with van der Waals surface area (Å²) in [4.78, 5) is 11.6. The third kappa shape index (κ3) is 4.05. The Morgan fingerprint density at radius 1 is 0.905 bits per heavy atom. The van der Waals surface area contributed by atoms with Crippen LogP contribution in [0.1, 0.15) is 12.0 Å². The predicted octanol–water partition coefficient (Wildman–Crippen LogP) is 3.81. The van der Waals surface area contributed by atoms with Crippen LogP contribution in [0.4, 0.5) is 23.2 Å². The maximum Gasteiger partial charge on any atom is 0.224 e. The molecule has 0 bridgehead atoms. The molecule has 2 aromatic rings. The Morgan fingerprint density at radius 2 is 1.52 bits per heavy atom. The largest absolute Gasteiger partial charge is 0.324 e. The molecule has 0 aliphatic rings. The number of hydrogen-bond donors (Lipinski definition) is 1. The van der Waals surface area contributed by atoms with Crippen LogP contribution in [-0.4, -0.2) is 5.91 Å². The second-order valence-electron chi connectivity index (χ2n) is 4.41. The van der Waals surface area contributed by atoms with Crippen molar-refractivity contribution in [3.8, 4) is 0 Å². The lowest BCUT2D eigenvalue weighted by Crippen LogP contribution is -2.14. The molecular weight excluding hydrogens is 286 g/mol. The summed E-state index contributed by atoms with van der Waals surface area (Å²) in [6.07, 6.45) is -0.233. The highest BCUT2D eigenvalue weighted by molar-refractivity contribution is 5.90. The molecule has 2 nitrogen and oxygen atoms in total. The SMILES string of the molecule is O=C(CCc1cc(F)ccc1F)Nc1cc(F)ccc1F. The van der Waals surface area contributed by atoms with E-state index in [-0.39, 0.29) is 24.1 Å². The summed E-state index contributed by atoms with van der Waals surface area (Å²) in [5, 5.41) is 2.19. The van der Waals surface area contributed by atoms with E-state index in [1.54, 1.807) is 0 Å². The van der Waals surface area contributed by atoms with Crippen molar-refractivity contribution in [1.29, 1.82) is 0 Å². The van der Waals surface area contributed by atoms with Gasteiger partial charge in [0.1, 0.15) is 23.3 Å². The lowest BCUT2D eigenvalue weighted by Gasteiger charge is -2.07. The minimum Gasteiger partial charge on any atom is -0.324 e. The van der Waals surface area contributed by atoms with E-state index in [1.807, 2.05) is 0 Å². The first kappa shape index (κ1) is 15.0. The second kappa shape index (κ2) is 6.39. The topological polar surface area (TPSA) is 29.1 Å². The van der Waals surface area contributed by atoms with Crippen molar-refractivity contribution in [2.24, 2.45) is 0 Å². The molecular formula is C15H11F4NO. The Morgan fingerprint density at radius 3 is 2.24 bits per heavy atom. The lowest BCUT2D eigenvalue weighted by molar-refractivity contribution is -0.116. The molecule has 0 saturated carbocycles. The number of benzene rings is 2. The van der Waals surface area contributed by atoms with Gasteiger partial charge in [-0.15, -0.1) is 0 Å². The van der Waals surface area contributed by atoms with Crippen molar-refractivity contribution < 1.29 is 22.4 Å². The van der Waals surface area contributed by atoms with E-state index in [1.165, 1.54) is 0 Å². The standard InChI is InChI=1S/C15H11F4NO/c16-10-2-4-12(18)9(7-10)1-6-15(21)20-14-8-11(17)3-5-13(14)19/h2-5,7-8H,1,6H2,(H,20,21). The van der Waals surface area contributed by atoms with Crippen molar-refractivity contribution in [3.05, 3.63) is 65.2 Å². The molecule has 2 aromatic carbocycles. The molecule has 0 aliphatic carbocycles. The van der Waals surface area contributed by atoms with Crippen LogP contribution in [0.25, 0.3) is 0 Å². The zero-order chi connectivity index (χ0) is 15.4. The maximum atomic E-state index is 13.4. The van der Waals surface area contributed by atoms with Crippen LogP contribution in [0, 0.1) is 23.3 Å². The highest BCUT2D eigenvalue weighted by atomic mass is 19.1. The summed E-state index contributed by atoms with van der Waals surface area (Å²) in [5.41, 5.74) is -0.246. The average Bonchev–Trinajstić information content (AvgIpc) is 2.44. The lowest BCUT2D eigenvalue weighted by atomic mass is 10.1. The zero-order valence-electron chi connectivity index (χ0n) is 10.8. The van der Waals surface area contributed by atoms with Gasteiger partial charge in [0.05, 0.1) is 5.69 Å². The van der Waals surface area contributed by atoms with E-state index < -0.39 is 29.2 Å². The van der Waals surface area contributed by atoms with Crippen LogP contribution < -0.4 is 5.32 Å². The summed E-state index contributed by atoms with van der Waals surface area (Å²) >= 11 is 0. The highest BCUT2D eigenvalue weighted by Gasteiger charge is 2.10. The summed E-state index contributed by atoms with van der Waals surface area (Å²) in [7, 11) is 0. The maximum absolute atomic E-state index is 13.4. The van der Waals surface area contributed by atoms with Crippen molar-refractivity contribution in [2.75, 3.05) is 5.32 Å². The number of hydrogen-bond acceptors (Lipinski definition) is 1. The first-order chi connectivity index (χ1) is 9.95. The number of anilines is 1. The Labute approximate surface area is 118 Å². The number of carbonyl (C=O) groups excluding carboxylic acids is 1. The number of nitrogens with one attached hydrogen (secondary N) is 1. The van der Waals surface area contributed by atoms with Gasteiger partial charge >= 0.3 is 0 Å². The van der Waals surface area contributed by atoms with Crippen LogP contribution in [-0.2, 0) is 11.2 Å².